The number of furan rings is 1. The highest BCUT2D eigenvalue weighted by atomic mass is 16.3. The van der Waals surface area contributed by atoms with E-state index in [1.54, 1.807) is 0 Å². The minimum absolute atomic E-state index is 0.265. The second kappa shape index (κ2) is 10.4. The quantitative estimate of drug-likeness (QED) is 0.199. The average molecular weight is 590 g/mol. The lowest BCUT2D eigenvalue weighted by Gasteiger charge is -2.28. The minimum Gasteiger partial charge on any atom is -0.456 e. The summed E-state index contributed by atoms with van der Waals surface area (Å²) >= 11 is 0. The number of rotatable bonds is 5. The van der Waals surface area contributed by atoms with Crippen molar-refractivity contribution in [3.8, 4) is 22.3 Å². The van der Waals surface area contributed by atoms with E-state index >= 15 is 0 Å². The maximum atomic E-state index is 6.43. The van der Waals surface area contributed by atoms with Crippen LogP contribution in [-0.4, -0.2) is 0 Å². The summed E-state index contributed by atoms with van der Waals surface area (Å²) in [6.07, 6.45) is 0. The van der Waals surface area contributed by atoms with Gasteiger partial charge >= 0.3 is 0 Å². The van der Waals surface area contributed by atoms with Crippen molar-refractivity contribution in [1.82, 2.24) is 0 Å². The predicted molar refractivity (Wildman–Crippen MR) is 191 cm³/mol. The molecule has 0 saturated heterocycles. The van der Waals surface area contributed by atoms with Crippen molar-refractivity contribution < 1.29 is 4.42 Å². The van der Waals surface area contributed by atoms with Gasteiger partial charge in [-0.2, -0.15) is 0 Å². The van der Waals surface area contributed by atoms with Crippen LogP contribution in [0.25, 0.3) is 44.2 Å². The summed E-state index contributed by atoms with van der Waals surface area (Å²) in [6.45, 7) is 2.36. The first-order chi connectivity index (χ1) is 22.7. The molecule has 1 aliphatic carbocycles. The molecule has 1 aliphatic rings. The maximum Gasteiger partial charge on any atom is 0.135 e. The van der Waals surface area contributed by atoms with Crippen molar-refractivity contribution in [3.63, 3.8) is 0 Å². The number of benzene rings is 7. The van der Waals surface area contributed by atoms with Crippen LogP contribution in [0.15, 0.2) is 174 Å². The molecule has 1 heterocycles. The fourth-order valence-electron chi connectivity index (χ4n) is 7.44. The Balaban J connectivity index is 1.19. The van der Waals surface area contributed by atoms with E-state index in [2.05, 4.69) is 182 Å². The molecule has 0 radical (unpaired) electrons. The molecule has 9 rings (SSSR count). The Morgan fingerprint density at radius 2 is 0.935 bits per heavy atom. The average Bonchev–Trinajstić information content (AvgIpc) is 3.62. The number of hydrogen-bond acceptors (Lipinski definition) is 2. The molecule has 0 atom stereocenters. The Hall–Kier alpha value is -5.86. The molecule has 8 aromatic rings. The Labute approximate surface area is 268 Å². The first-order valence-corrected chi connectivity index (χ1v) is 15.9. The van der Waals surface area contributed by atoms with Crippen LogP contribution in [0.3, 0.4) is 0 Å². The normalized spacial score (nSPS) is 13.1. The molecule has 0 N–H and O–H groups in total. The molecule has 0 bridgehead atoms. The third-order valence-corrected chi connectivity index (χ3v) is 9.76. The largest absolute Gasteiger partial charge is 0.456 e. The topological polar surface area (TPSA) is 16.4 Å². The van der Waals surface area contributed by atoms with Gasteiger partial charge in [-0.05, 0) is 100 Å². The zero-order valence-corrected chi connectivity index (χ0v) is 25.5. The van der Waals surface area contributed by atoms with Crippen LogP contribution < -0.4 is 4.90 Å². The highest BCUT2D eigenvalue weighted by molar-refractivity contribution is 6.07. The number of hydrogen-bond donors (Lipinski definition) is 0. The van der Waals surface area contributed by atoms with E-state index in [1.807, 2.05) is 0 Å². The van der Waals surface area contributed by atoms with E-state index in [4.69, 9.17) is 4.42 Å². The zero-order valence-electron chi connectivity index (χ0n) is 25.5. The molecule has 7 aromatic carbocycles. The lowest BCUT2D eigenvalue weighted by molar-refractivity contribution is 0.667. The lowest BCUT2D eigenvalue weighted by Crippen LogP contribution is -2.22. The van der Waals surface area contributed by atoms with Gasteiger partial charge in [0.15, 0.2) is 0 Å². The molecule has 2 nitrogen and oxygen atoms in total. The Morgan fingerprint density at radius 3 is 1.61 bits per heavy atom. The third-order valence-electron chi connectivity index (χ3n) is 9.76. The fourth-order valence-corrected chi connectivity index (χ4v) is 7.44. The molecule has 0 spiro atoms. The van der Waals surface area contributed by atoms with Crippen molar-refractivity contribution in [2.75, 3.05) is 4.90 Å². The minimum atomic E-state index is -0.265. The summed E-state index contributed by atoms with van der Waals surface area (Å²) in [6, 6.07) is 60.9. The van der Waals surface area contributed by atoms with Gasteiger partial charge in [-0.15, -0.1) is 0 Å². The van der Waals surface area contributed by atoms with E-state index < -0.39 is 0 Å². The number of nitrogens with zero attached hydrogens (tertiary/aromatic N) is 1. The van der Waals surface area contributed by atoms with Crippen molar-refractivity contribution in [1.29, 1.82) is 0 Å². The van der Waals surface area contributed by atoms with Crippen LogP contribution in [0.1, 0.15) is 23.6 Å². The Morgan fingerprint density at radius 1 is 0.435 bits per heavy atom. The molecule has 46 heavy (non-hydrogen) atoms. The van der Waals surface area contributed by atoms with E-state index in [-0.39, 0.29) is 5.41 Å². The van der Waals surface area contributed by atoms with Gasteiger partial charge in [0.05, 0.1) is 0 Å². The summed E-state index contributed by atoms with van der Waals surface area (Å²) in [7, 11) is 0. The molecule has 218 valence electrons. The van der Waals surface area contributed by atoms with Gasteiger partial charge in [0.2, 0.25) is 0 Å². The summed E-state index contributed by atoms with van der Waals surface area (Å²) < 4.78 is 6.43. The van der Waals surface area contributed by atoms with Crippen LogP contribution in [0.4, 0.5) is 17.1 Å². The molecule has 0 saturated carbocycles. The van der Waals surface area contributed by atoms with Gasteiger partial charge in [-0.25, -0.2) is 0 Å². The first kappa shape index (κ1) is 26.5. The van der Waals surface area contributed by atoms with Crippen LogP contribution >= 0.6 is 0 Å². The van der Waals surface area contributed by atoms with Crippen molar-refractivity contribution in [3.05, 3.63) is 187 Å². The van der Waals surface area contributed by atoms with Gasteiger partial charge in [0.25, 0.3) is 0 Å². The highest BCUT2D eigenvalue weighted by Crippen LogP contribution is 2.53. The molecule has 1 aromatic heterocycles. The van der Waals surface area contributed by atoms with E-state index in [0.717, 1.165) is 39.0 Å². The lowest BCUT2D eigenvalue weighted by atomic mass is 9.74. The number of para-hydroxylation sites is 1. The van der Waals surface area contributed by atoms with Crippen molar-refractivity contribution in [2.45, 2.75) is 12.3 Å². The van der Waals surface area contributed by atoms with Gasteiger partial charge in [-0.3, -0.25) is 0 Å². The standard InChI is InChI=1S/C44H31NO/c1-44(40-18-10-8-16-36(40)37-17-9-11-19-41(37)44)32-22-26-42-38(28-32)39-29-35(25-27-43(39)46-42)45(33-14-6-3-7-15-33)34-23-20-31(21-24-34)30-12-4-2-5-13-30/h2-29H,1H3. The highest BCUT2D eigenvalue weighted by Gasteiger charge is 2.40. The van der Waals surface area contributed by atoms with Gasteiger partial charge in [-0.1, -0.05) is 115 Å². The van der Waals surface area contributed by atoms with Crippen LogP contribution in [-0.2, 0) is 5.41 Å². The smallest absolute Gasteiger partial charge is 0.135 e. The van der Waals surface area contributed by atoms with Gasteiger partial charge < -0.3 is 9.32 Å². The molecule has 2 heteroatoms. The summed E-state index contributed by atoms with van der Waals surface area (Å²) in [5, 5.41) is 2.24. The van der Waals surface area contributed by atoms with Crippen LogP contribution in [0, 0.1) is 0 Å². The molecule has 0 amide bonds. The molecule has 0 fully saturated rings. The summed E-state index contributed by atoms with van der Waals surface area (Å²) in [4.78, 5) is 2.32. The molecular formula is C44H31NO. The predicted octanol–water partition coefficient (Wildman–Crippen LogP) is 12.1. The van der Waals surface area contributed by atoms with E-state index in [9.17, 15) is 0 Å². The number of anilines is 3. The number of fused-ring (bicyclic) bond motifs is 6. The second-order valence-corrected chi connectivity index (χ2v) is 12.3. The molecule has 0 unspecified atom stereocenters. The van der Waals surface area contributed by atoms with E-state index in [1.165, 1.54) is 38.9 Å². The van der Waals surface area contributed by atoms with Crippen LogP contribution in [0.2, 0.25) is 0 Å². The van der Waals surface area contributed by atoms with Gasteiger partial charge in [0.1, 0.15) is 11.2 Å². The summed E-state index contributed by atoms with van der Waals surface area (Å²) in [5.74, 6) is 0. The molecule has 0 aliphatic heterocycles. The monoisotopic (exact) mass is 589 g/mol. The fraction of sp³-hybridized carbons (Fsp3) is 0.0455. The van der Waals surface area contributed by atoms with E-state index in [0.29, 0.717) is 0 Å². The zero-order chi connectivity index (χ0) is 30.7. The Kier molecular flexibility index (Phi) is 5.97. The third kappa shape index (κ3) is 4.04. The van der Waals surface area contributed by atoms with Crippen LogP contribution in [0.5, 0.6) is 0 Å². The first-order valence-electron chi connectivity index (χ1n) is 15.9. The Bertz CT molecular complexity index is 2320. The van der Waals surface area contributed by atoms with Crippen molar-refractivity contribution in [2.24, 2.45) is 0 Å². The summed E-state index contributed by atoms with van der Waals surface area (Å²) in [5.41, 5.74) is 13.8. The second-order valence-electron chi connectivity index (χ2n) is 12.3. The molecular weight excluding hydrogens is 558 g/mol. The van der Waals surface area contributed by atoms with Gasteiger partial charge in [0, 0.05) is 33.2 Å². The van der Waals surface area contributed by atoms with Crippen molar-refractivity contribution >= 4 is 39.0 Å². The SMILES string of the molecule is CC1(c2ccc3oc4ccc(N(c5ccccc5)c5ccc(-c6ccccc6)cc5)cc4c3c2)c2ccccc2-c2ccccc21. The maximum absolute atomic E-state index is 6.43.